The molecule has 0 saturated carbocycles. The van der Waals surface area contributed by atoms with Gasteiger partial charge in [-0.3, -0.25) is 14.3 Å². The van der Waals surface area contributed by atoms with Gasteiger partial charge in [-0.05, 0) is 30.7 Å². The summed E-state index contributed by atoms with van der Waals surface area (Å²) in [5, 5.41) is 5.71. The predicted molar refractivity (Wildman–Crippen MR) is 104 cm³/mol. The van der Waals surface area contributed by atoms with Gasteiger partial charge in [0.05, 0.1) is 11.2 Å². The van der Waals surface area contributed by atoms with Crippen molar-refractivity contribution in [1.29, 1.82) is 0 Å². The van der Waals surface area contributed by atoms with Crippen LogP contribution >= 0.6 is 11.3 Å². The molecule has 1 amide bonds. The zero-order chi connectivity index (χ0) is 18.8. The number of fused-ring (bicyclic) bond motifs is 1. The number of nitrogens with one attached hydrogen (secondary N) is 1. The zero-order valence-corrected chi connectivity index (χ0v) is 15.3. The lowest BCUT2D eigenvalue weighted by Gasteiger charge is -2.04. The number of aromatic nitrogens is 3. The molecule has 3 heterocycles. The van der Waals surface area contributed by atoms with E-state index in [9.17, 15) is 9.59 Å². The molecule has 0 spiro atoms. The van der Waals surface area contributed by atoms with Crippen LogP contribution in [0.4, 0.5) is 5.69 Å². The lowest BCUT2D eigenvalue weighted by molar-refractivity contribution is -0.116. The number of thiazole rings is 1. The molecule has 1 N–H and O–H groups in total. The molecule has 136 valence electrons. The summed E-state index contributed by atoms with van der Waals surface area (Å²) < 4.78 is 6.56. The molecule has 4 rings (SSSR count). The van der Waals surface area contributed by atoms with E-state index < -0.39 is 5.76 Å². The number of rotatable bonds is 5. The van der Waals surface area contributed by atoms with E-state index in [1.54, 1.807) is 49.0 Å². The van der Waals surface area contributed by atoms with Crippen LogP contribution in [-0.2, 0) is 18.3 Å². The van der Waals surface area contributed by atoms with E-state index in [0.29, 0.717) is 29.6 Å². The fourth-order valence-corrected chi connectivity index (χ4v) is 3.59. The van der Waals surface area contributed by atoms with Crippen molar-refractivity contribution in [2.75, 3.05) is 5.32 Å². The van der Waals surface area contributed by atoms with E-state index in [4.69, 9.17) is 4.42 Å². The highest BCUT2D eigenvalue weighted by atomic mass is 32.1. The summed E-state index contributed by atoms with van der Waals surface area (Å²) in [6.07, 6.45) is 4.33. The van der Waals surface area contributed by atoms with Crippen molar-refractivity contribution < 1.29 is 9.21 Å². The minimum atomic E-state index is -0.429. The summed E-state index contributed by atoms with van der Waals surface area (Å²) in [5.41, 5.74) is 3.62. The quantitative estimate of drug-likeness (QED) is 0.574. The number of carbonyl (C=O) groups excluding carboxylic acids is 1. The summed E-state index contributed by atoms with van der Waals surface area (Å²) in [6, 6.07) is 8.97. The lowest BCUT2D eigenvalue weighted by atomic mass is 10.2. The molecule has 0 fully saturated rings. The van der Waals surface area contributed by atoms with Crippen LogP contribution in [0, 0.1) is 0 Å². The van der Waals surface area contributed by atoms with E-state index in [1.165, 1.54) is 4.57 Å². The smallest absolute Gasteiger partial charge is 0.408 e. The number of pyridine rings is 1. The Bertz CT molecular complexity index is 1160. The summed E-state index contributed by atoms with van der Waals surface area (Å²) in [7, 11) is 1.64. The minimum absolute atomic E-state index is 0.119. The van der Waals surface area contributed by atoms with Crippen molar-refractivity contribution in [2.24, 2.45) is 7.05 Å². The molecular weight excluding hydrogens is 364 g/mol. The van der Waals surface area contributed by atoms with Gasteiger partial charge in [0.25, 0.3) is 0 Å². The van der Waals surface area contributed by atoms with Crippen molar-refractivity contribution in [3.8, 4) is 10.6 Å². The van der Waals surface area contributed by atoms with Gasteiger partial charge in [-0.1, -0.05) is 0 Å². The van der Waals surface area contributed by atoms with Gasteiger partial charge in [0.15, 0.2) is 5.58 Å². The molecule has 0 aliphatic carbocycles. The number of carbonyl (C=O) groups is 1. The molecule has 27 heavy (non-hydrogen) atoms. The van der Waals surface area contributed by atoms with Crippen LogP contribution < -0.4 is 11.1 Å². The van der Waals surface area contributed by atoms with Gasteiger partial charge in [0.1, 0.15) is 5.01 Å². The van der Waals surface area contributed by atoms with Crippen molar-refractivity contribution in [1.82, 2.24) is 14.5 Å². The molecule has 0 radical (unpaired) electrons. The van der Waals surface area contributed by atoms with Gasteiger partial charge in [-0.2, -0.15) is 0 Å². The molecule has 8 heteroatoms. The van der Waals surface area contributed by atoms with Gasteiger partial charge in [-0.25, -0.2) is 9.78 Å². The first-order valence-corrected chi connectivity index (χ1v) is 9.22. The third kappa shape index (κ3) is 3.65. The van der Waals surface area contributed by atoms with Crippen LogP contribution in [0.3, 0.4) is 0 Å². The van der Waals surface area contributed by atoms with Crippen molar-refractivity contribution >= 4 is 34.0 Å². The standard InChI is InChI=1S/C19H16N4O3S/c1-23-15-4-2-13(10-16(15)26-19(23)25)21-17(24)5-3-14-11-27-18(22-14)12-6-8-20-9-7-12/h2,4,6-11H,3,5H2,1H3,(H,21,24). The molecule has 4 aromatic rings. The van der Waals surface area contributed by atoms with Crippen LogP contribution in [0.5, 0.6) is 0 Å². The Kier molecular flexibility index (Phi) is 4.55. The van der Waals surface area contributed by atoms with Gasteiger partial charge in [0.2, 0.25) is 5.91 Å². The van der Waals surface area contributed by atoms with E-state index in [2.05, 4.69) is 15.3 Å². The van der Waals surface area contributed by atoms with Crippen molar-refractivity contribution in [3.63, 3.8) is 0 Å². The van der Waals surface area contributed by atoms with Gasteiger partial charge in [0, 0.05) is 48.6 Å². The minimum Gasteiger partial charge on any atom is -0.408 e. The van der Waals surface area contributed by atoms with Gasteiger partial charge < -0.3 is 9.73 Å². The number of amides is 1. The second-order valence-corrected chi connectivity index (χ2v) is 6.90. The third-order valence-electron chi connectivity index (χ3n) is 4.16. The lowest BCUT2D eigenvalue weighted by Crippen LogP contribution is -2.12. The van der Waals surface area contributed by atoms with Gasteiger partial charge in [-0.15, -0.1) is 11.3 Å². The van der Waals surface area contributed by atoms with Crippen LogP contribution in [0.2, 0.25) is 0 Å². The van der Waals surface area contributed by atoms with E-state index in [-0.39, 0.29) is 5.91 Å². The number of oxazole rings is 1. The summed E-state index contributed by atoms with van der Waals surface area (Å²) in [5.74, 6) is -0.548. The molecule has 7 nitrogen and oxygen atoms in total. The Morgan fingerprint density at radius 2 is 2.07 bits per heavy atom. The van der Waals surface area contributed by atoms with E-state index in [1.807, 2.05) is 17.5 Å². The first-order valence-electron chi connectivity index (χ1n) is 8.34. The van der Waals surface area contributed by atoms with Crippen molar-refractivity contribution in [2.45, 2.75) is 12.8 Å². The number of benzene rings is 1. The SMILES string of the molecule is Cn1c(=O)oc2cc(NC(=O)CCc3csc(-c4ccncc4)n3)ccc21. The Morgan fingerprint density at radius 3 is 2.89 bits per heavy atom. The third-order valence-corrected chi connectivity index (χ3v) is 5.10. The first kappa shape index (κ1) is 17.2. The van der Waals surface area contributed by atoms with Crippen LogP contribution in [0.1, 0.15) is 12.1 Å². The Morgan fingerprint density at radius 1 is 1.26 bits per heavy atom. The molecule has 0 unspecified atom stereocenters. The molecule has 0 bridgehead atoms. The molecule has 0 saturated heterocycles. The monoisotopic (exact) mass is 380 g/mol. The molecule has 0 aliphatic rings. The van der Waals surface area contributed by atoms with Crippen LogP contribution in [0.25, 0.3) is 21.7 Å². The van der Waals surface area contributed by atoms with Crippen molar-refractivity contribution in [3.05, 3.63) is 64.4 Å². The number of aryl methyl sites for hydroxylation is 2. The average Bonchev–Trinajstić information content (AvgIpc) is 3.26. The number of hydrogen-bond donors (Lipinski definition) is 1. The summed E-state index contributed by atoms with van der Waals surface area (Å²) in [4.78, 5) is 32.3. The Labute approximate surface area is 158 Å². The van der Waals surface area contributed by atoms with Crippen LogP contribution in [0.15, 0.2) is 57.3 Å². The second-order valence-electron chi connectivity index (χ2n) is 6.04. The maximum Gasteiger partial charge on any atom is 0.419 e. The number of nitrogens with zero attached hydrogens (tertiary/aromatic N) is 3. The fraction of sp³-hybridized carbons (Fsp3) is 0.158. The van der Waals surface area contributed by atoms with Gasteiger partial charge >= 0.3 is 5.76 Å². The van der Waals surface area contributed by atoms with Crippen LogP contribution in [-0.4, -0.2) is 20.4 Å². The van der Waals surface area contributed by atoms with E-state index >= 15 is 0 Å². The normalized spacial score (nSPS) is 11.0. The highest BCUT2D eigenvalue weighted by Gasteiger charge is 2.10. The topological polar surface area (TPSA) is 90.0 Å². The highest BCUT2D eigenvalue weighted by Crippen LogP contribution is 2.23. The Hall–Kier alpha value is -3.26. The molecule has 0 atom stereocenters. The fourth-order valence-electron chi connectivity index (χ4n) is 2.73. The highest BCUT2D eigenvalue weighted by molar-refractivity contribution is 7.13. The zero-order valence-electron chi connectivity index (χ0n) is 14.5. The average molecular weight is 380 g/mol. The molecule has 1 aromatic carbocycles. The molecule has 0 aliphatic heterocycles. The second kappa shape index (κ2) is 7.16. The Balaban J connectivity index is 1.39. The number of anilines is 1. The largest absolute Gasteiger partial charge is 0.419 e. The molecular formula is C19H16N4O3S. The maximum atomic E-state index is 12.2. The maximum absolute atomic E-state index is 12.2. The van der Waals surface area contributed by atoms with E-state index in [0.717, 1.165) is 16.3 Å². The summed E-state index contributed by atoms with van der Waals surface area (Å²) in [6.45, 7) is 0. The summed E-state index contributed by atoms with van der Waals surface area (Å²) >= 11 is 1.55. The predicted octanol–water partition coefficient (Wildman–Crippen LogP) is 3.22. The number of hydrogen-bond acceptors (Lipinski definition) is 6. The molecule has 3 aromatic heterocycles. The first-order chi connectivity index (χ1) is 13.1.